The Bertz CT molecular complexity index is 1090. The van der Waals surface area contributed by atoms with Crippen LogP contribution in [0, 0.1) is 46.3 Å². The summed E-state index contributed by atoms with van der Waals surface area (Å²) in [6, 6.07) is 0. The van der Waals surface area contributed by atoms with Crippen LogP contribution in [0.25, 0.3) is 0 Å². The third kappa shape index (κ3) is 11.5. The maximum absolute atomic E-state index is 12.8. The van der Waals surface area contributed by atoms with Gasteiger partial charge in [-0.15, -0.1) is 0 Å². The van der Waals surface area contributed by atoms with E-state index >= 15 is 0 Å². The maximum atomic E-state index is 12.8. The average molecular weight is 675 g/mol. The molecule has 49 heavy (non-hydrogen) atoms. The highest BCUT2D eigenvalue weighted by molar-refractivity contribution is 5.69. The first kappa shape index (κ1) is 40.2. The zero-order chi connectivity index (χ0) is 35.1. The summed E-state index contributed by atoms with van der Waals surface area (Å²) >= 11 is 0. The molecule has 3 fully saturated rings. The number of ether oxygens (including phenoxy) is 1. The minimum Gasteiger partial charge on any atom is -0.462 e. The van der Waals surface area contributed by atoms with Crippen molar-refractivity contribution >= 4 is 5.97 Å². The van der Waals surface area contributed by atoms with Crippen LogP contribution in [0.2, 0.25) is 0 Å². The second-order valence-electron chi connectivity index (χ2n) is 18.0. The molecular weight excluding hydrogens is 597 g/mol. The first-order valence-electron chi connectivity index (χ1n) is 21.5. The van der Waals surface area contributed by atoms with Gasteiger partial charge in [0.1, 0.15) is 6.10 Å². The van der Waals surface area contributed by atoms with E-state index in [1.165, 1.54) is 96.3 Å². The number of hydrogen-bond donors (Lipinski definition) is 0. The fourth-order valence-corrected chi connectivity index (χ4v) is 11.2. The van der Waals surface area contributed by atoms with Gasteiger partial charge in [0, 0.05) is 12.8 Å². The number of allylic oxidation sites excluding steroid dienone is 7. The maximum Gasteiger partial charge on any atom is 0.306 e. The summed E-state index contributed by atoms with van der Waals surface area (Å²) in [5.74, 6) is 5.27. The lowest BCUT2D eigenvalue weighted by Gasteiger charge is -2.58. The van der Waals surface area contributed by atoms with Gasteiger partial charge in [0.25, 0.3) is 0 Å². The largest absolute Gasteiger partial charge is 0.462 e. The number of unbranched alkanes of at least 4 members (excludes halogenated alkanes) is 7. The Morgan fingerprint density at radius 1 is 0.796 bits per heavy atom. The van der Waals surface area contributed by atoms with Crippen LogP contribution in [0.3, 0.4) is 0 Å². The highest BCUT2D eigenvalue weighted by Gasteiger charge is 2.59. The number of carbonyl (C=O) groups excluding carboxylic acids is 1. The number of rotatable bonds is 21. The van der Waals surface area contributed by atoms with Crippen molar-refractivity contribution in [1.29, 1.82) is 0 Å². The van der Waals surface area contributed by atoms with Gasteiger partial charge >= 0.3 is 5.97 Å². The minimum atomic E-state index is 0.0401. The Kier molecular flexibility index (Phi) is 16.8. The summed E-state index contributed by atoms with van der Waals surface area (Å²) in [5, 5.41) is 0. The zero-order valence-electron chi connectivity index (χ0n) is 33.2. The summed E-state index contributed by atoms with van der Waals surface area (Å²) < 4.78 is 6.12. The van der Waals surface area contributed by atoms with Crippen LogP contribution in [-0.2, 0) is 9.53 Å². The van der Waals surface area contributed by atoms with Gasteiger partial charge in [-0.25, -0.2) is 0 Å². The quantitative estimate of drug-likeness (QED) is 0.0688. The molecule has 2 heteroatoms. The monoisotopic (exact) mass is 675 g/mol. The van der Waals surface area contributed by atoms with Gasteiger partial charge in [-0.3, -0.25) is 4.79 Å². The van der Waals surface area contributed by atoms with Crippen LogP contribution >= 0.6 is 0 Å². The lowest BCUT2D eigenvalue weighted by Crippen LogP contribution is -2.51. The molecular formula is C47H78O2. The standard InChI is InChI=1S/C47H78O2/c1-7-8-9-10-11-12-13-14-15-16-17-18-19-20-21-22-23-27-45(48)49-40-32-34-46(5)39(36-40)28-29-41-43-31-30-42(38(4)26-24-25-37(2)3)47(43,6)35-33-44(41)46/h11-12,14-15,17-18,28,37-38,40-44H,7-10,13,16,19-27,29-36H2,1-6H3/t38-,40+,41?,42?,43?,44?,46+,47-/m1/s1. The van der Waals surface area contributed by atoms with Gasteiger partial charge in [0.15, 0.2) is 0 Å². The van der Waals surface area contributed by atoms with E-state index in [1.807, 2.05) is 0 Å². The number of carbonyl (C=O) groups is 1. The molecule has 8 atom stereocenters. The Labute approximate surface area is 304 Å². The van der Waals surface area contributed by atoms with Crippen LogP contribution in [-0.4, -0.2) is 12.1 Å². The number of esters is 1. The highest BCUT2D eigenvalue weighted by atomic mass is 16.5. The molecule has 0 spiro atoms. The molecule has 4 aliphatic carbocycles. The van der Waals surface area contributed by atoms with Crippen molar-refractivity contribution in [2.75, 3.05) is 0 Å². The fraction of sp³-hybridized carbons (Fsp3) is 0.809. The van der Waals surface area contributed by atoms with Crippen LogP contribution in [0.5, 0.6) is 0 Å². The molecule has 0 aromatic heterocycles. The van der Waals surface area contributed by atoms with E-state index in [9.17, 15) is 4.79 Å². The molecule has 4 unspecified atom stereocenters. The Morgan fingerprint density at radius 2 is 1.49 bits per heavy atom. The van der Waals surface area contributed by atoms with Gasteiger partial charge in [-0.1, -0.05) is 135 Å². The SMILES string of the molecule is CCCCCC=CCC=CCC=CCCCCCCC(=O)O[C@H]1CC[C@@]2(C)C(=CCC3C4CCC([C@H](C)CCCC(C)C)[C@@]4(C)CCC32)C1. The van der Waals surface area contributed by atoms with Gasteiger partial charge in [0.05, 0.1) is 0 Å². The van der Waals surface area contributed by atoms with Crippen molar-refractivity contribution < 1.29 is 9.53 Å². The molecule has 0 radical (unpaired) electrons. The predicted octanol–water partition coefficient (Wildman–Crippen LogP) is 14.3. The molecule has 0 aliphatic heterocycles. The number of fused-ring (bicyclic) bond motifs is 5. The Balaban J connectivity index is 1.11. The van der Waals surface area contributed by atoms with E-state index in [0.29, 0.717) is 17.3 Å². The van der Waals surface area contributed by atoms with Gasteiger partial charge < -0.3 is 4.74 Å². The van der Waals surface area contributed by atoms with Crippen molar-refractivity contribution in [3.05, 3.63) is 48.1 Å². The molecule has 0 heterocycles. The Hall–Kier alpha value is -1.57. The normalized spacial score (nSPS) is 32.1. The summed E-state index contributed by atoms with van der Waals surface area (Å²) in [6.45, 7) is 14.9. The smallest absolute Gasteiger partial charge is 0.306 e. The molecule has 0 bridgehead atoms. The summed E-state index contributed by atoms with van der Waals surface area (Å²) in [5.41, 5.74) is 2.51. The Morgan fingerprint density at radius 3 is 2.20 bits per heavy atom. The second kappa shape index (κ2) is 20.5. The minimum absolute atomic E-state index is 0.0401. The molecule has 0 aromatic rings. The zero-order valence-corrected chi connectivity index (χ0v) is 33.2. The molecule has 3 saturated carbocycles. The van der Waals surface area contributed by atoms with Crippen molar-refractivity contribution in [1.82, 2.24) is 0 Å². The topological polar surface area (TPSA) is 26.3 Å². The lowest BCUT2D eigenvalue weighted by molar-refractivity contribution is -0.151. The summed E-state index contributed by atoms with van der Waals surface area (Å²) in [4.78, 5) is 12.8. The third-order valence-electron chi connectivity index (χ3n) is 14.1. The fourth-order valence-electron chi connectivity index (χ4n) is 11.2. The van der Waals surface area contributed by atoms with Gasteiger partial charge in [-0.2, -0.15) is 0 Å². The van der Waals surface area contributed by atoms with Crippen LogP contribution < -0.4 is 0 Å². The van der Waals surface area contributed by atoms with E-state index in [1.54, 1.807) is 5.57 Å². The van der Waals surface area contributed by atoms with Crippen molar-refractivity contribution in [3.8, 4) is 0 Å². The van der Waals surface area contributed by atoms with Gasteiger partial charge in [0.2, 0.25) is 0 Å². The van der Waals surface area contributed by atoms with Gasteiger partial charge in [-0.05, 0) is 136 Å². The van der Waals surface area contributed by atoms with E-state index in [2.05, 4.69) is 84.1 Å². The highest BCUT2D eigenvalue weighted by Crippen LogP contribution is 2.67. The molecule has 0 amide bonds. The predicted molar refractivity (Wildman–Crippen MR) is 211 cm³/mol. The molecule has 4 rings (SSSR count). The van der Waals surface area contributed by atoms with Crippen LogP contribution in [0.15, 0.2) is 48.1 Å². The second-order valence-corrected chi connectivity index (χ2v) is 18.0. The molecule has 0 aromatic carbocycles. The molecule has 0 saturated heterocycles. The van der Waals surface area contributed by atoms with E-state index < -0.39 is 0 Å². The molecule has 278 valence electrons. The molecule has 0 N–H and O–H groups in total. The molecule has 4 aliphatic rings. The van der Waals surface area contributed by atoms with Crippen molar-refractivity contribution in [2.24, 2.45) is 46.3 Å². The number of hydrogen-bond acceptors (Lipinski definition) is 2. The van der Waals surface area contributed by atoms with Crippen LogP contribution in [0.1, 0.15) is 189 Å². The summed E-state index contributed by atoms with van der Waals surface area (Å²) in [6.07, 6.45) is 44.6. The first-order chi connectivity index (χ1) is 23.7. The molecule has 2 nitrogen and oxygen atoms in total. The van der Waals surface area contributed by atoms with Crippen molar-refractivity contribution in [2.45, 2.75) is 195 Å². The summed E-state index contributed by atoms with van der Waals surface area (Å²) in [7, 11) is 0. The van der Waals surface area contributed by atoms with Crippen LogP contribution in [0.4, 0.5) is 0 Å². The lowest BCUT2D eigenvalue weighted by atomic mass is 9.47. The third-order valence-corrected chi connectivity index (χ3v) is 14.1. The van der Waals surface area contributed by atoms with E-state index in [0.717, 1.165) is 80.5 Å². The average Bonchev–Trinajstić information content (AvgIpc) is 3.43. The van der Waals surface area contributed by atoms with E-state index in [4.69, 9.17) is 4.74 Å². The first-order valence-corrected chi connectivity index (χ1v) is 21.5. The van der Waals surface area contributed by atoms with E-state index in [-0.39, 0.29) is 12.1 Å². The van der Waals surface area contributed by atoms with Crippen molar-refractivity contribution in [3.63, 3.8) is 0 Å².